The highest BCUT2D eigenvalue weighted by atomic mass is 32.2. The van der Waals surface area contributed by atoms with Crippen LogP contribution < -0.4 is 29.7 Å². The highest BCUT2D eigenvalue weighted by Crippen LogP contribution is 2.48. The number of pyridine rings is 1. The number of anilines is 1. The average Bonchev–Trinajstić information content (AvgIpc) is 4.02. The quantitative estimate of drug-likeness (QED) is 0.356. The number of carbonyl (C=O) groups excluding carboxylic acids is 4. The molecule has 16 nitrogen and oxygen atoms in total. The Kier molecular flexibility index (Phi) is 11.2. The normalized spacial score (nSPS) is 26.7. The van der Waals surface area contributed by atoms with Crippen molar-refractivity contribution in [3.63, 3.8) is 0 Å². The zero-order chi connectivity index (χ0) is 39.0. The lowest BCUT2D eigenvalue weighted by Crippen LogP contribution is -2.59. The van der Waals surface area contributed by atoms with E-state index in [2.05, 4.69) is 15.4 Å². The van der Waals surface area contributed by atoms with Crippen molar-refractivity contribution in [3.8, 4) is 11.6 Å². The third-order valence-electron chi connectivity index (χ3n) is 10.2. The molecule has 2 aliphatic carbocycles. The van der Waals surface area contributed by atoms with Crippen molar-refractivity contribution < 1.29 is 46.5 Å². The molecule has 4 fully saturated rings. The van der Waals surface area contributed by atoms with E-state index in [1.807, 2.05) is 37.2 Å². The molecule has 2 aliphatic heterocycles. The zero-order valence-corrected chi connectivity index (χ0v) is 32.6. The first-order valence-electron chi connectivity index (χ1n) is 18.6. The number of rotatable bonds is 8. The summed E-state index contributed by atoms with van der Waals surface area (Å²) in [5, 5.41) is 6.41. The summed E-state index contributed by atoms with van der Waals surface area (Å²) < 4.78 is 51.3. The molecule has 2 saturated heterocycles. The smallest absolute Gasteiger partial charge is 0.408 e. The summed E-state index contributed by atoms with van der Waals surface area (Å²) in [4.78, 5) is 63.5. The molecule has 5 atom stereocenters. The molecule has 4 aliphatic rings. The second kappa shape index (κ2) is 15.4. The van der Waals surface area contributed by atoms with E-state index in [1.165, 1.54) is 4.90 Å². The highest BCUT2D eigenvalue weighted by Gasteiger charge is 2.62. The van der Waals surface area contributed by atoms with Crippen molar-refractivity contribution in [2.24, 2.45) is 5.92 Å². The van der Waals surface area contributed by atoms with Gasteiger partial charge in [0, 0.05) is 32.5 Å². The van der Waals surface area contributed by atoms with Gasteiger partial charge in [0.05, 0.1) is 25.5 Å². The zero-order valence-electron chi connectivity index (χ0n) is 31.8. The third kappa shape index (κ3) is 8.94. The number of sulfonamides is 1. The molecular weight excluding hydrogens is 721 g/mol. The fourth-order valence-electron chi connectivity index (χ4n) is 7.12. The number of aromatic nitrogens is 1. The van der Waals surface area contributed by atoms with Crippen molar-refractivity contribution in [1.29, 1.82) is 0 Å². The van der Waals surface area contributed by atoms with Crippen LogP contribution in [0.25, 0.3) is 10.8 Å². The molecule has 2 saturated carbocycles. The highest BCUT2D eigenvalue weighted by molar-refractivity contribution is 7.91. The number of nitrogens with zero attached hydrogens (tertiary/aromatic N) is 3. The number of alkyl carbamates (subject to hydrolysis) is 1. The Labute approximate surface area is 316 Å². The molecule has 4 amide bonds. The Morgan fingerprint density at radius 3 is 2.54 bits per heavy atom. The summed E-state index contributed by atoms with van der Waals surface area (Å²) >= 11 is 0. The summed E-state index contributed by atoms with van der Waals surface area (Å²) in [6.07, 6.45) is 2.38. The number of hydrogen-bond donors (Lipinski definition) is 3. The van der Waals surface area contributed by atoms with E-state index >= 15 is 0 Å². The van der Waals surface area contributed by atoms with Crippen LogP contribution in [0.1, 0.15) is 72.1 Å². The van der Waals surface area contributed by atoms with E-state index < -0.39 is 68.4 Å². The number of hydrogen-bond acceptors (Lipinski definition) is 12. The van der Waals surface area contributed by atoms with Gasteiger partial charge in [-0.1, -0.05) is 12.8 Å². The van der Waals surface area contributed by atoms with Crippen LogP contribution in [0.5, 0.6) is 11.6 Å². The van der Waals surface area contributed by atoms with Crippen LogP contribution in [0.3, 0.4) is 0 Å². The van der Waals surface area contributed by atoms with Gasteiger partial charge in [0.1, 0.15) is 40.9 Å². The number of carbonyl (C=O) groups is 4. The van der Waals surface area contributed by atoms with Crippen molar-refractivity contribution in [3.05, 3.63) is 24.3 Å². The maximum absolute atomic E-state index is 14.5. The molecule has 296 valence electrons. The maximum Gasteiger partial charge on any atom is 0.408 e. The van der Waals surface area contributed by atoms with Gasteiger partial charge in [-0.3, -0.25) is 19.1 Å². The number of amides is 4. The monoisotopic (exact) mass is 772 g/mol. The summed E-state index contributed by atoms with van der Waals surface area (Å²) in [6, 6.07) is 5.01. The van der Waals surface area contributed by atoms with Gasteiger partial charge in [0.2, 0.25) is 27.7 Å². The second-order valence-corrected chi connectivity index (χ2v) is 17.9. The van der Waals surface area contributed by atoms with Crippen LogP contribution in [-0.4, -0.2) is 118 Å². The van der Waals surface area contributed by atoms with Crippen LogP contribution in [0.4, 0.5) is 10.6 Å². The summed E-state index contributed by atoms with van der Waals surface area (Å²) in [7, 11) is 1.39. The van der Waals surface area contributed by atoms with E-state index in [-0.39, 0.29) is 37.8 Å². The van der Waals surface area contributed by atoms with Crippen molar-refractivity contribution >= 4 is 50.4 Å². The summed E-state index contributed by atoms with van der Waals surface area (Å²) in [5.41, 5.74) is -2.29. The lowest BCUT2D eigenvalue weighted by molar-refractivity contribution is -0.142. The number of methoxy groups -OCH3 is 1. The molecule has 54 heavy (non-hydrogen) atoms. The third-order valence-corrected chi connectivity index (χ3v) is 12.1. The van der Waals surface area contributed by atoms with E-state index in [9.17, 15) is 27.6 Å². The molecule has 0 unspecified atom stereocenters. The Morgan fingerprint density at radius 2 is 1.85 bits per heavy atom. The van der Waals surface area contributed by atoms with Gasteiger partial charge in [-0.05, 0) is 88.4 Å². The minimum absolute atomic E-state index is 0.0197. The Hall–Kier alpha value is -4.38. The minimum atomic E-state index is -3.89. The number of fused-ring (bicyclic) bond motifs is 3. The standard InChI is InChI=1S/C37H52N6O10S/c1-36(2,3)53-35(47)38-28-21-51-15-9-7-8-10-23-19-37(23,34(46)41-54(48,49)26-12-13-26)40-31(44)29-18-25(20-43(29)33(28)45)52-32-27-14-11-24(50-6)16-22(27)17-30(39-32)42(4)5/h11,14,16-17,23,25-26,28-29H,7-10,12-13,15,18-21H2,1-6H3,(H,38,47)(H,40,44)(H,41,46)/t23-,25-,28+,29+,37-/m1/s1. The van der Waals surface area contributed by atoms with Gasteiger partial charge in [0.25, 0.3) is 5.91 Å². The second-order valence-electron chi connectivity index (χ2n) is 15.9. The minimum Gasteiger partial charge on any atom is -0.497 e. The molecule has 0 radical (unpaired) electrons. The fourth-order valence-corrected chi connectivity index (χ4v) is 8.48. The first-order chi connectivity index (χ1) is 25.5. The SMILES string of the molecule is COc1ccc2c(O[C@@H]3C[C@H]4C(=O)N[C@]5(C(=O)NS(=O)(=O)C6CC6)C[C@H]5CCCCCOC[C@H](NC(=O)OC(C)(C)C)C(=O)N4C3)nc(N(C)C)cc2c1. The van der Waals surface area contributed by atoms with Gasteiger partial charge in [-0.2, -0.15) is 4.98 Å². The van der Waals surface area contributed by atoms with E-state index in [1.54, 1.807) is 33.9 Å². The van der Waals surface area contributed by atoms with Gasteiger partial charge < -0.3 is 39.4 Å². The number of ether oxygens (including phenoxy) is 4. The number of nitrogens with one attached hydrogen (secondary N) is 3. The van der Waals surface area contributed by atoms with Crippen LogP contribution in [0.15, 0.2) is 24.3 Å². The van der Waals surface area contributed by atoms with E-state index in [0.29, 0.717) is 49.2 Å². The maximum atomic E-state index is 14.5. The van der Waals surface area contributed by atoms with Crippen LogP contribution in [-0.2, 0) is 33.9 Å². The molecule has 0 spiro atoms. The Morgan fingerprint density at radius 1 is 1.09 bits per heavy atom. The largest absolute Gasteiger partial charge is 0.497 e. The van der Waals surface area contributed by atoms with Gasteiger partial charge in [-0.15, -0.1) is 0 Å². The predicted molar refractivity (Wildman–Crippen MR) is 199 cm³/mol. The molecular formula is C37H52N6O10S. The van der Waals surface area contributed by atoms with Gasteiger partial charge in [-0.25, -0.2) is 13.2 Å². The molecule has 1 aromatic heterocycles. The topological polar surface area (TPSA) is 195 Å². The number of benzene rings is 1. The van der Waals surface area contributed by atoms with Crippen LogP contribution >= 0.6 is 0 Å². The Balaban J connectivity index is 1.33. The first-order valence-corrected chi connectivity index (χ1v) is 20.1. The van der Waals surface area contributed by atoms with E-state index in [0.717, 1.165) is 18.2 Å². The fraction of sp³-hybridized carbons (Fsp3) is 0.649. The molecule has 6 rings (SSSR count). The molecule has 1 aromatic carbocycles. The van der Waals surface area contributed by atoms with Crippen LogP contribution in [0, 0.1) is 5.92 Å². The van der Waals surface area contributed by atoms with Gasteiger partial charge >= 0.3 is 6.09 Å². The average molecular weight is 773 g/mol. The van der Waals surface area contributed by atoms with Crippen molar-refractivity contribution in [2.75, 3.05) is 45.9 Å². The summed E-state index contributed by atoms with van der Waals surface area (Å²) in [5.74, 6) is -0.747. The molecule has 17 heteroatoms. The van der Waals surface area contributed by atoms with E-state index in [4.69, 9.17) is 23.9 Å². The lowest BCUT2D eigenvalue weighted by atomic mass is 10.1. The summed E-state index contributed by atoms with van der Waals surface area (Å²) in [6.45, 7) is 5.20. The molecule has 2 aromatic rings. The first kappa shape index (κ1) is 39.3. The predicted octanol–water partition coefficient (Wildman–Crippen LogP) is 2.62. The van der Waals surface area contributed by atoms with Gasteiger partial charge in [0.15, 0.2) is 0 Å². The molecule has 3 heterocycles. The molecule has 0 bridgehead atoms. The lowest BCUT2D eigenvalue weighted by Gasteiger charge is -2.30. The van der Waals surface area contributed by atoms with Crippen LogP contribution in [0.2, 0.25) is 0 Å². The van der Waals surface area contributed by atoms with Crippen molar-refractivity contribution in [2.45, 2.75) is 107 Å². The van der Waals surface area contributed by atoms with Crippen molar-refractivity contribution in [1.82, 2.24) is 25.2 Å². The molecule has 3 N–H and O–H groups in total. The Bertz CT molecular complexity index is 1880.